The van der Waals surface area contributed by atoms with E-state index in [1.54, 1.807) is 6.21 Å². The highest BCUT2D eigenvalue weighted by Gasteiger charge is 2.24. The first-order valence-corrected chi connectivity index (χ1v) is 5.69. The summed E-state index contributed by atoms with van der Waals surface area (Å²) in [5, 5.41) is 0. The van der Waals surface area contributed by atoms with Gasteiger partial charge in [0, 0.05) is 16.3 Å². The van der Waals surface area contributed by atoms with Gasteiger partial charge in [-0.15, -0.1) is 0 Å². The highest BCUT2D eigenvalue weighted by Crippen LogP contribution is 2.35. The first kappa shape index (κ1) is 10.6. The molecule has 1 aliphatic rings. The van der Waals surface area contributed by atoms with Crippen molar-refractivity contribution in [3.8, 4) is 0 Å². The molecule has 78 valence electrons. The fourth-order valence-electron chi connectivity index (χ4n) is 1.84. The van der Waals surface area contributed by atoms with Crippen molar-refractivity contribution in [3.63, 3.8) is 0 Å². The van der Waals surface area contributed by atoms with Gasteiger partial charge >= 0.3 is 0 Å². The third kappa shape index (κ3) is 1.55. The maximum Gasteiger partial charge on any atom is 0.173 e. The average molecular weight is 266 g/mol. The largest absolute Gasteiger partial charge is 0.293 e. The van der Waals surface area contributed by atoms with Gasteiger partial charge in [-0.1, -0.05) is 22.9 Å². The minimum atomic E-state index is -0.106. The van der Waals surface area contributed by atoms with Gasteiger partial charge in [0.15, 0.2) is 5.78 Å². The van der Waals surface area contributed by atoms with Crippen molar-refractivity contribution in [1.29, 1.82) is 0 Å². The average Bonchev–Trinajstić information content (AvgIpc) is 2.20. The fourth-order valence-corrected chi connectivity index (χ4v) is 2.15. The van der Waals surface area contributed by atoms with Gasteiger partial charge in [0.2, 0.25) is 0 Å². The number of fused-ring (bicyclic) bond motifs is 1. The Morgan fingerprint density at radius 2 is 2.07 bits per heavy atom. The number of benzene rings is 1. The number of Topliss-reactive ketones (excluding diaryl/α,β-unsaturated/α-hetero) is 1. The zero-order chi connectivity index (χ0) is 11.2. The number of nitrogens with zero attached hydrogens (tertiary/aromatic N) is 1. The van der Waals surface area contributed by atoms with Gasteiger partial charge in [-0.05, 0) is 31.0 Å². The lowest BCUT2D eigenvalue weighted by molar-refractivity contribution is 0.0961. The third-order valence-electron chi connectivity index (χ3n) is 2.76. The highest BCUT2D eigenvalue weighted by atomic mass is 79.9. The molecule has 0 radical (unpaired) electrons. The molecule has 2 nitrogen and oxygen atoms in total. The summed E-state index contributed by atoms with van der Waals surface area (Å²) in [7, 11) is 0. The van der Waals surface area contributed by atoms with Gasteiger partial charge in [-0.2, -0.15) is 0 Å². The fraction of sp³-hybridized carbons (Fsp3) is 0.333. The molecule has 1 atom stereocenters. The molecule has 0 spiro atoms. The number of hydrogen-bond donors (Lipinski definition) is 0. The Labute approximate surface area is 97.5 Å². The summed E-state index contributed by atoms with van der Waals surface area (Å²) in [4.78, 5) is 16.3. The quantitative estimate of drug-likeness (QED) is 0.705. The Bertz CT molecular complexity index is 477. The van der Waals surface area contributed by atoms with E-state index in [9.17, 15) is 4.79 Å². The molecule has 0 N–H and O–H groups in total. The molecular formula is C12H12BrNO. The zero-order valence-electron chi connectivity index (χ0n) is 8.97. The molecule has 0 saturated heterocycles. The van der Waals surface area contributed by atoms with Gasteiger partial charge < -0.3 is 0 Å². The Kier molecular flexibility index (Phi) is 2.51. The molecule has 0 aliphatic carbocycles. The predicted molar refractivity (Wildman–Crippen MR) is 65.3 cm³/mol. The minimum Gasteiger partial charge on any atom is -0.293 e. The SMILES string of the molecule is Cc1cc2c(c(C)c1Br)C(=O)C(C)C=N2. The van der Waals surface area contributed by atoms with Crippen molar-refractivity contribution >= 4 is 33.6 Å². The Morgan fingerprint density at radius 3 is 2.73 bits per heavy atom. The van der Waals surface area contributed by atoms with Crippen LogP contribution in [0, 0.1) is 19.8 Å². The second-order valence-electron chi connectivity index (χ2n) is 3.96. The van der Waals surface area contributed by atoms with Crippen LogP contribution in [0.5, 0.6) is 0 Å². The molecule has 1 unspecified atom stereocenters. The second kappa shape index (κ2) is 3.56. The van der Waals surface area contributed by atoms with Crippen LogP contribution >= 0.6 is 15.9 Å². The van der Waals surface area contributed by atoms with Crippen LogP contribution in [-0.2, 0) is 0 Å². The number of hydrogen-bond acceptors (Lipinski definition) is 2. The van der Waals surface area contributed by atoms with E-state index in [0.717, 1.165) is 26.9 Å². The van der Waals surface area contributed by atoms with Gasteiger partial charge in [0.25, 0.3) is 0 Å². The van der Waals surface area contributed by atoms with E-state index in [1.165, 1.54) is 0 Å². The maximum absolute atomic E-state index is 12.0. The lowest BCUT2D eigenvalue weighted by Gasteiger charge is -2.18. The smallest absolute Gasteiger partial charge is 0.173 e. The van der Waals surface area contributed by atoms with E-state index in [1.807, 2.05) is 26.8 Å². The van der Waals surface area contributed by atoms with Crippen LogP contribution in [0.15, 0.2) is 15.5 Å². The predicted octanol–water partition coefficient (Wildman–Crippen LogP) is 3.60. The Morgan fingerprint density at radius 1 is 1.40 bits per heavy atom. The second-order valence-corrected chi connectivity index (χ2v) is 4.75. The van der Waals surface area contributed by atoms with Crippen molar-refractivity contribution in [3.05, 3.63) is 27.2 Å². The zero-order valence-corrected chi connectivity index (χ0v) is 10.6. The third-order valence-corrected chi connectivity index (χ3v) is 3.98. The molecule has 1 aliphatic heterocycles. The summed E-state index contributed by atoms with van der Waals surface area (Å²) in [5.41, 5.74) is 3.68. The number of carbonyl (C=O) groups excluding carboxylic acids is 1. The van der Waals surface area contributed by atoms with Crippen LogP contribution in [0.4, 0.5) is 5.69 Å². The van der Waals surface area contributed by atoms with E-state index >= 15 is 0 Å². The van der Waals surface area contributed by atoms with Gasteiger partial charge in [-0.25, -0.2) is 0 Å². The van der Waals surface area contributed by atoms with Crippen molar-refractivity contribution in [2.24, 2.45) is 10.9 Å². The topological polar surface area (TPSA) is 29.4 Å². The first-order chi connectivity index (χ1) is 7.02. The number of aliphatic imine (C=N–C) groups is 1. The van der Waals surface area contributed by atoms with Crippen molar-refractivity contribution < 1.29 is 4.79 Å². The van der Waals surface area contributed by atoms with Crippen molar-refractivity contribution in [2.45, 2.75) is 20.8 Å². The van der Waals surface area contributed by atoms with Crippen LogP contribution in [0.3, 0.4) is 0 Å². The number of carbonyl (C=O) groups is 1. The molecule has 0 saturated carbocycles. The summed E-state index contributed by atoms with van der Waals surface area (Å²) in [5.74, 6) is 0.0593. The molecule has 15 heavy (non-hydrogen) atoms. The molecule has 3 heteroatoms. The lowest BCUT2D eigenvalue weighted by atomic mass is 9.91. The van der Waals surface area contributed by atoms with Crippen LogP contribution in [-0.4, -0.2) is 12.0 Å². The number of ketones is 1. The van der Waals surface area contributed by atoms with E-state index in [-0.39, 0.29) is 11.7 Å². The summed E-state index contributed by atoms with van der Waals surface area (Å²) in [6.07, 6.45) is 1.72. The normalized spacial score (nSPS) is 19.2. The highest BCUT2D eigenvalue weighted by molar-refractivity contribution is 9.10. The van der Waals surface area contributed by atoms with E-state index in [0.29, 0.717) is 0 Å². The van der Waals surface area contributed by atoms with Crippen LogP contribution in [0.25, 0.3) is 0 Å². The minimum absolute atomic E-state index is 0.106. The van der Waals surface area contributed by atoms with E-state index < -0.39 is 0 Å². The molecule has 1 aromatic rings. The van der Waals surface area contributed by atoms with Gasteiger partial charge in [0.05, 0.1) is 11.6 Å². The first-order valence-electron chi connectivity index (χ1n) is 4.90. The van der Waals surface area contributed by atoms with E-state index in [2.05, 4.69) is 20.9 Å². The molecule has 0 fully saturated rings. The van der Waals surface area contributed by atoms with E-state index in [4.69, 9.17) is 0 Å². The van der Waals surface area contributed by atoms with Crippen LogP contribution in [0.2, 0.25) is 0 Å². The summed E-state index contributed by atoms with van der Waals surface area (Å²) in [6.45, 7) is 5.85. The molecule has 0 aromatic heterocycles. The van der Waals surface area contributed by atoms with Gasteiger partial charge in [0.1, 0.15) is 0 Å². The van der Waals surface area contributed by atoms with Crippen LogP contribution in [0.1, 0.15) is 28.4 Å². The molecule has 1 heterocycles. The summed E-state index contributed by atoms with van der Waals surface area (Å²) >= 11 is 3.50. The molecule has 0 amide bonds. The lowest BCUT2D eigenvalue weighted by Crippen LogP contribution is -2.18. The summed E-state index contributed by atoms with van der Waals surface area (Å²) in [6, 6.07) is 1.95. The molecular weight excluding hydrogens is 254 g/mol. The molecule has 2 rings (SSSR count). The Hall–Kier alpha value is -0.960. The molecule has 0 bridgehead atoms. The van der Waals surface area contributed by atoms with Gasteiger partial charge in [-0.3, -0.25) is 9.79 Å². The summed E-state index contributed by atoms with van der Waals surface area (Å²) < 4.78 is 1.01. The van der Waals surface area contributed by atoms with Crippen molar-refractivity contribution in [1.82, 2.24) is 0 Å². The number of halogens is 1. The standard InChI is InChI=1S/C12H12BrNO/c1-6-4-9-10(8(3)11(6)13)12(15)7(2)5-14-9/h4-5,7H,1-3H3. The number of aryl methyl sites for hydroxylation is 1. The maximum atomic E-state index is 12.0. The monoisotopic (exact) mass is 265 g/mol. The van der Waals surface area contributed by atoms with Crippen LogP contribution < -0.4 is 0 Å². The number of rotatable bonds is 0. The Balaban J connectivity index is 2.75. The van der Waals surface area contributed by atoms with Crippen molar-refractivity contribution in [2.75, 3.05) is 0 Å². The molecule has 1 aromatic carbocycles.